The monoisotopic (exact) mass is 316 g/mol. The Balaban J connectivity index is 2.08. The van der Waals surface area contributed by atoms with Gasteiger partial charge in [-0.2, -0.15) is 0 Å². The van der Waals surface area contributed by atoms with Gasteiger partial charge in [0.05, 0.1) is 11.6 Å². The molecule has 1 aromatic rings. The van der Waals surface area contributed by atoms with Crippen LogP contribution in [0.15, 0.2) is 24.3 Å². The van der Waals surface area contributed by atoms with E-state index in [0.717, 1.165) is 37.8 Å². The summed E-state index contributed by atoms with van der Waals surface area (Å²) in [6.07, 6.45) is 5.04. The summed E-state index contributed by atoms with van der Waals surface area (Å²) < 4.78 is 0. The molecule has 1 heterocycles. The maximum Gasteiger partial charge on any atom is 0.240 e. The van der Waals surface area contributed by atoms with Gasteiger partial charge in [-0.25, -0.2) is 0 Å². The lowest BCUT2D eigenvalue weighted by atomic mass is 9.92. The summed E-state index contributed by atoms with van der Waals surface area (Å²) in [7, 11) is 0. The van der Waals surface area contributed by atoms with E-state index in [4.69, 9.17) is 0 Å². The van der Waals surface area contributed by atoms with Crippen molar-refractivity contribution in [3.8, 4) is 0 Å². The molecular weight excluding hydrogens is 288 g/mol. The Labute approximate surface area is 139 Å². The van der Waals surface area contributed by atoms with Gasteiger partial charge in [0.2, 0.25) is 5.91 Å². The van der Waals surface area contributed by atoms with Crippen molar-refractivity contribution in [2.24, 2.45) is 0 Å². The standard InChI is InChI=1S/C19H28N2O2/c1-4-11-19(3,21-12-5-6-13-21)18(23)20-15(2)17-9-7-16(14-22)8-10-17/h7-10,14-15H,4-6,11-13H2,1-3H3,(H,20,23). The fourth-order valence-electron chi connectivity index (χ4n) is 3.41. The lowest BCUT2D eigenvalue weighted by Crippen LogP contribution is -2.56. The number of nitrogens with one attached hydrogen (secondary N) is 1. The lowest BCUT2D eigenvalue weighted by molar-refractivity contribution is -0.133. The molecule has 1 fully saturated rings. The summed E-state index contributed by atoms with van der Waals surface area (Å²) in [5.74, 6) is 0.105. The zero-order valence-electron chi connectivity index (χ0n) is 14.5. The molecule has 0 spiro atoms. The van der Waals surface area contributed by atoms with E-state index in [1.165, 1.54) is 12.8 Å². The van der Waals surface area contributed by atoms with Crippen molar-refractivity contribution in [1.29, 1.82) is 0 Å². The normalized spacial score (nSPS) is 19.1. The average Bonchev–Trinajstić information content (AvgIpc) is 3.10. The van der Waals surface area contributed by atoms with Crippen molar-refractivity contribution in [1.82, 2.24) is 10.2 Å². The van der Waals surface area contributed by atoms with Crippen LogP contribution in [0, 0.1) is 0 Å². The Hall–Kier alpha value is -1.68. The van der Waals surface area contributed by atoms with Crippen LogP contribution >= 0.6 is 0 Å². The SMILES string of the molecule is CCCC(C)(C(=O)NC(C)c1ccc(C=O)cc1)N1CCCC1. The highest BCUT2D eigenvalue weighted by atomic mass is 16.2. The number of carbonyl (C=O) groups is 2. The van der Waals surface area contributed by atoms with Crippen LogP contribution in [0.25, 0.3) is 0 Å². The molecule has 1 N–H and O–H groups in total. The minimum absolute atomic E-state index is 0.0676. The van der Waals surface area contributed by atoms with Crippen LogP contribution in [0.4, 0.5) is 0 Å². The quantitative estimate of drug-likeness (QED) is 0.785. The van der Waals surface area contributed by atoms with Gasteiger partial charge in [0.15, 0.2) is 0 Å². The molecular formula is C19H28N2O2. The Bertz CT molecular complexity index is 535. The molecule has 0 radical (unpaired) electrons. The molecule has 0 saturated carbocycles. The van der Waals surface area contributed by atoms with Gasteiger partial charge in [-0.1, -0.05) is 37.6 Å². The van der Waals surface area contributed by atoms with Crippen molar-refractivity contribution >= 4 is 12.2 Å². The molecule has 1 saturated heterocycles. The molecule has 4 heteroatoms. The molecule has 0 aliphatic carbocycles. The second-order valence-electron chi connectivity index (χ2n) is 6.70. The first-order valence-electron chi connectivity index (χ1n) is 8.62. The van der Waals surface area contributed by atoms with E-state index in [-0.39, 0.29) is 11.9 Å². The number of hydrogen-bond acceptors (Lipinski definition) is 3. The van der Waals surface area contributed by atoms with Crippen LogP contribution in [0.2, 0.25) is 0 Å². The van der Waals surface area contributed by atoms with Gasteiger partial charge >= 0.3 is 0 Å². The van der Waals surface area contributed by atoms with Crippen molar-refractivity contribution < 1.29 is 9.59 Å². The summed E-state index contributed by atoms with van der Waals surface area (Å²) in [5.41, 5.74) is 1.24. The Morgan fingerprint density at radius 1 is 1.30 bits per heavy atom. The van der Waals surface area contributed by atoms with Gasteiger partial charge in [-0.3, -0.25) is 14.5 Å². The average molecular weight is 316 g/mol. The largest absolute Gasteiger partial charge is 0.348 e. The van der Waals surface area contributed by atoms with Gasteiger partial charge in [0.1, 0.15) is 6.29 Å². The van der Waals surface area contributed by atoms with E-state index in [1.54, 1.807) is 12.1 Å². The number of carbonyl (C=O) groups excluding carboxylic acids is 2. The van der Waals surface area contributed by atoms with Crippen LogP contribution in [0.3, 0.4) is 0 Å². The minimum atomic E-state index is -0.428. The van der Waals surface area contributed by atoms with E-state index in [0.29, 0.717) is 5.56 Å². The number of hydrogen-bond donors (Lipinski definition) is 1. The first kappa shape index (κ1) is 17.7. The first-order chi connectivity index (χ1) is 11.0. The zero-order chi connectivity index (χ0) is 16.9. The van der Waals surface area contributed by atoms with Crippen molar-refractivity contribution in [3.05, 3.63) is 35.4 Å². The van der Waals surface area contributed by atoms with Gasteiger partial charge in [-0.15, -0.1) is 0 Å². The van der Waals surface area contributed by atoms with Gasteiger partial charge < -0.3 is 5.32 Å². The summed E-state index contributed by atoms with van der Waals surface area (Å²) in [6.45, 7) is 8.20. The van der Waals surface area contributed by atoms with Gasteiger partial charge in [0.25, 0.3) is 0 Å². The molecule has 1 amide bonds. The molecule has 1 aliphatic heterocycles. The van der Waals surface area contributed by atoms with Crippen LogP contribution in [-0.2, 0) is 4.79 Å². The second kappa shape index (κ2) is 7.73. The van der Waals surface area contributed by atoms with Crippen LogP contribution < -0.4 is 5.32 Å². The smallest absolute Gasteiger partial charge is 0.240 e. The van der Waals surface area contributed by atoms with E-state index in [2.05, 4.69) is 24.1 Å². The van der Waals surface area contributed by atoms with Crippen LogP contribution in [0.5, 0.6) is 0 Å². The molecule has 23 heavy (non-hydrogen) atoms. The molecule has 4 nitrogen and oxygen atoms in total. The fourth-order valence-corrected chi connectivity index (χ4v) is 3.41. The van der Waals surface area contributed by atoms with E-state index >= 15 is 0 Å². The van der Waals surface area contributed by atoms with E-state index in [1.807, 2.05) is 19.1 Å². The third-order valence-corrected chi connectivity index (χ3v) is 4.95. The first-order valence-corrected chi connectivity index (χ1v) is 8.62. The highest BCUT2D eigenvalue weighted by Gasteiger charge is 2.40. The topological polar surface area (TPSA) is 49.4 Å². The highest BCUT2D eigenvalue weighted by Crippen LogP contribution is 2.27. The lowest BCUT2D eigenvalue weighted by Gasteiger charge is -2.38. The molecule has 1 aromatic carbocycles. The third kappa shape index (κ3) is 3.99. The van der Waals surface area contributed by atoms with Gasteiger partial charge in [-0.05, 0) is 51.8 Å². The van der Waals surface area contributed by atoms with E-state index < -0.39 is 5.54 Å². The fraction of sp³-hybridized carbons (Fsp3) is 0.579. The highest BCUT2D eigenvalue weighted by molar-refractivity contribution is 5.86. The van der Waals surface area contributed by atoms with Crippen LogP contribution in [0.1, 0.15) is 68.4 Å². The molecule has 2 unspecified atom stereocenters. The summed E-state index contributed by atoms with van der Waals surface area (Å²) >= 11 is 0. The minimum Gasteiger partial charge on any atom is -0.348 e. The third-order valence-electron chi connectivity index (χ3n) is 4.95. The summed E-state index contributed by atoms with van der Waals surface area (Å²) in [6, 6.07) is 7.32. The maximum atomic E-state index is 12.9. The molecule has 126 valence electrons. The predicted octanol–water partition coefficient (Wildman–Crippen LogP) is 3.33. The molecule has 2 rings (SSSR count). The van der Waals surface area contributed by atoms with E-state index in [9.17, 15) is 9.59 Å². The number of likely N-dealkylation sites (tertiary alicyclic amines) is 1. The predicted molar refractivity (Wildman–Crippen MR) is 92.5 cm³/mol. The molecule has 0 bridgehead atoms. The zero-order valence-corrected chi connectivity index (χ0v) is 14.5. The number of amides is 1. The van der Waals surface area contributed by atoms with Crippen molar-refractivity contribution in [2.75, 3.05) is 13.1 Å². The summed E-state index contributed by atoms with van der Waals surface area (Å²) in [5, 5.41) is 3.17. The second-order valence-corrected chi connectivity index (χ2v) is 6.70. The van der Waals surface area contributed by atoms with Crippen LogP contribution in [-0.4, -0.2) is 35.7 Å². The Morgan fingerprint density at radius 2 is 1.91 bits per heavy atom. The maximum absolute atomic E-state index is 12.9. The Kier molecular flexibility index (Phi) is 5.94. The van der Waals surface area contributed by atoms with Crippen molar-refractivity contribution in [3.63, 3.8) is 0 Å². The Morgan fingerprint density at radius 3 is 2.43 bits per heavy atom. The number of rotatable bonds is 7. The molecule has 0 aromatic heterocycles. The summed E-state index contributed by atoms with van der Waals surface area (Å²) in [4.78, 5) is 26.0. The number of benzene rings is 1. The van der Waals surface area contributed by atoms with Crippen molar-refractivity contribution in [2.45, 2.75) is 58.0 Å². The number of aldehydes is 1. The van der Waals surface area contributed by atoms with Gasteiger partial charge in [0, 0.05) is 5.56 Å². The molecule has 1 aliphatic rings. The molecule has 2 atom stereocenters. The number of nitrogens with zero attached hydrogens (tertiary/aromatic N) is 1.